The van der Waals surface area contributed by atoms with Crippen LogP contribution in [0.25, 0.3) is 0 Å². The predicted octanol–water partition coefficient (Wildman–Crippen LogP) is 4.36. The van der Waals surface area contributed by atoms with Gasteiger partial charge in [0.1, 0.15) is 0 Å². The largest absolute Gasteiger partial charge is 0.312 e. The summed E-state index contributed by atoms with van der Waals surface area (Å²) in [5, 5.41) is 7.30. The molecule has 0 spiro atoms. The Balaban J connectivity index is 1.89. The van der Waals surface area contributed by atoms with Crippen LogP contribution in [-0.4, -0.2) is 14.6 Å². The van der Waals surface area contributed by atoms with Crippen LogP contribution in [0.4, 0.5) is 0 Å². The van der Waals surface area contributed by atoms with E-state index in [1.54, 1.807) is 0 Å². The minimum absolute atomic E-state index is 0.201. The summed E-state index contributed by atoms with van der Waals surface area (Å²) in [4.78, 5) is 1.45. The van der Waals surface area contributed by atoms with Crippen LogP contribution in [0.1, 0.15) is 24.3 Å². The molecular weight excluding hydrogens is 290 g/mol. The van der Waals surface area contributed by atoms with Gasteiger partial charge in [-0.3, -0.25) is 0 Å². The van der Waals surface area contributed by atoms with Crippen molar-refractivity contribution in [3.05, 3.63) is 52.2 Å². The first-order valence-electron chi connectivity index (χ1n) is 7.63. The Hall–Kier alpha value is -0.903. The zero-order valence-electron chi connectivity index (χ0n) is 13.9. The van der Waals surface area contributed by atoms with Crippen LogP contribution in [0.3, 0.4) is 0 Å². The first-order valence-corrected chi connectivity index (χ1v) is 12.0. The summed E-state index contributed by atoms with van der Waals surface area (Å²) in [7, 11) is -1.17. The summed E-state index contributed by atoms with van der Waals surface area (Å²) in [6, 6.07) is 13.5. The molecule has 0 radical (unpaired) electrons. The maximum absolute atomic E-state index is 3.61. The number of nitrogens with one attached hydrogen (secondary N) is 1. The van der Waals surface area contributed by atoms with E-state index in [-0.39, 0.29) is 5.41 Å². The second kappa shape index (κ2) is 6.47. The molecule has 1 nitrogen and oxygen atoms in total. The molecule has 114 valence electrons. The van der Waals surface area contributed by atoms with Gasteiger partial charge in [0.25, 0.3) is 0 Å². The Labute approximate surface area is 134 Å². The first-order chi connectivity index (χ1) is 9.79. The van der Waals surface area contributed by atoms with E-state index in [9.17, 15) is 0 Å². The lowest BCUT2D eigenvalue weighted by atomic mass is 9.91. The zero-order valence-corrected chi connectivity index (χ0v) is 15.7. The van der Waals surface area contributed by atoms with Crippen molar-refractivity contribution in [1.29, 1.82) is 0 Å². The van der Waals surface area contributed by atoms with Crippen molar-refractivity contribution in [3.63, 3.8) is 0 Å². The van der Waals surface area contributed by atoms with Crippen molar-refractivity contribution in [3.8, 4) is 0 Å². The summed E-state index contributed by atoms with van der Waals surface area (Å²) >= 11 is 1.85. The fourth-order valence-corrected chi connectivity index (χ4v) is 4.41. The van der Waals surface area contributed by atoms with Gasteiger partial charge in [-0.15, -0.1) is 11.3 Å². The lowest BCUT2D eigenvalue weighted by Gasteiger charge is -2.24. The molecule has 0 unspecified atom stereocenters. The maximum atomic E-state index is 3.61. The minimum Gasteiger partial charge on any atom is -0.312 e. The van der Waals surface area contributed by atoms with Crippen molar-refractivity contribution in [2.75, 3.05) is 6.54 Å². The van der Waals surface area contributed by atoms with Crippen molar-refractivity contribution in [1.82, 2.24) is 5.32 Å². The van der Waals surface area contributed by atoms with Crippen molar-refractivity contribution < 1.29 is 0 Å². The van der Waals surface area contributed by atoms with Crippen LogP contribution in [-0.2, 0) is 12.0 Å². The number of benzene rings is 1. The van der Waals surface area contributed by atoms with Crippen molar-refractivity contribution >= 4 is 24.6 Å². The van der Waals surface area contributed by atoms with Gasteiger partial charge in [-0.1, -0.05) is 69.0 Å². The SMILES string of the molecule is CC(C)(CNCc1ccc([Si](C)(C)C)cc1)c1cccs1. The van der Waals surface area contributed by atoms with E-state index in [4.69, 9.17) is 0 Å². The highest BCUT2D eigenvalue weighted by Gasteiger charge is 2.21. The van der Waals surface area contributed by atoms with Gasteiger partial charge >= 0.3 is 0 Å². The molecule has 2 rings (SSSR count). The molecule has 1 aromatic carbocycles. The molecule has 0 bridgehead atoms. The van der Waals surface area contributed by atoms with E-state index in [1.807, 2.05) is 11.3 Å². The van der Waals surface area contributed by atoms with Gasteiger partial charge in [-0.25, -0.2) is 0 Å². The molecule has 0 amide bonds. The Morgan fingerprint density at radius 1 is 1.05 bits per heavy atom. The van der Waals surface area contributed by atoms with Crippen molar-refractivity contribution in [2.24, 2.45) is 0 Å². The molecule has 0 aliphatic carbocycles. The first kappa shape index (κ1) is 16.5. The summed E-state index contributed by atoms with van der Waals surface area (Å²) in [6.45, 7) is 13.7. The molecule has 2 aromatic rings. The van der Waals surface area contributed by atoms with Gasteiger partial charge in [-0.05, 0) is 17.0 Å². The zero-order chi connectivity index (χ0) is 15.5. The van der Waals surface area contributed by atoms with E-state index >= 15 is 0 Å². The molecule has 0 atom stereocenters. The molecule has 1 heterocycles. The number of hydrogen-bond acceptors (Lipinski definition) is 2. The molecule has 3 heteroatoms. The van der Waals surface area contributed by atoms with E-state index in [2.05, 4.69) is 80.6 Å². The van der Waals surface area contributed by atoms with Gasteiger partial charge < -0.3 is 5.32 Å². The van der Waals surface area contributed by atoms with E-state index in [0.717, 1.165) is 13.1 Å². The second-order valence-electron chi connectivity index (χ2n) is 7.41. The maximum Gasteiger partial charge on any atom is 0.0775 e. The van der Waals surface area contributed by atoms with Gasteiger partial charge in [0.2, 0.25) is 0 Å². The molecule has 0 fully saturated rings. The van der Waals surface area contributed by atoms with E-state index < -0.39 is 8.07 Å². The van der Waals surface area contributed by atoms with Crippen LogP contribution in [0, 0.1) is 0 Å². The number of hydrogen-bond donors (Lipinski definition) is 1. The fraction of sp³-hybridized carbons (Fsp3) is 0.444. The minimum atomic E-state index is -1.17. The standard InChI is InChI=1S/C18H27NSSi/c1-18(2,17-7-6-12-20-17)14-19-13-15-8-10-16(11-9-15)21(3,4)5/h6-12,19H,13-14H2,1-5H3. The molecule has 0 saturated carbocycles. The molecular formula is C18H27NSSi. The van der Waals surface area contributed by atoms with Gasteiger partial charge in [0.15, 0.2) is 0 Å². The van der Waals surface area contributed by atoms with E-state index in [0.29, 0.717) is 0 Å². The van der Waals surface area contributed by atoms with Crippen LogP contribution in [0.15, 0.2) is 41.8 Å². The summed E-state index contributed by atoms with van der Waals surface area (Å²) < 4.78 is 0. The fourth-order valence-electron chi connectivity index (χ4n) is 2.39. The Morgan fingerprint density at radius 3 is 2.24 bits per heavy atom. The summed E-state index contributed by atoms with van der Waals surface area (Å²) in [5.74, 6) is 0. The predicted molar refractivity (Wildman–Crippen MR) is 98.5 cm³/mol. The molecule has 0 aliphatic rings. The molecule has 0 saturated heterocycles. The topological polar surface area (TPSA) is 12.0 Å². The van der Waals surface area contributed by atoms with Gasteiger partial charge in [-0.2, -0.15) is 0 Å². The molecule has 0 aliphatic heterocycles. The third-order valence-corrected chi connectivity index (χ3v) is 7.21. The van der Waals surface area contributed by atoms with Crippen LogP contribution in [0.2, 0.25) is 19.6 Å². The third kappa shape index (κ3) is 4.53. The highest BCUT2D eigenvalue weighted by Crippen LogP contribution is 2.26. The van der Waals surface area contributed by atoms with Gasteiger partial charge in [0.05, 0.1) is 8.07 Å². The monoisotopic (exact) mass is 317 g/mol. The highest BCUT2D eigenvalue weighted by atomic mass is 32.1. The van der Waals surface area contributed by atoms with Crippen LogP contribution >= 0.6 is 11.3 Å². The van der Waals surface area contributed by atoms with E-state index in [1.165, 1.54) is 15.6 Å². The van der Waals surface area contributed by atoms with Crippen molar-refractivity contribution in [2.45, 2.75) is 45.4 Å². The average Bonchev–Trinajstić information content (AvgIpc) is 2.92. The van der Waals surface area contributed by atoms with Crippen LogP contribution < -0.4 is 10.5 Å². The number of rotatable bonds is 6. The Morgan fingerprint density at radius 2 is 1.71 bits per heavy atom. The average molecular weight is 318 g/mol. The Kier molecular flexibility index (Phi) is 5.07. The molecule has 21 heavy (non-hydrogen) atoms. The number of thiophene rings is 1. The smallest absolute Gasteiger partial charge is 0.0775 e. The third-order valence-electron chi connectivity index (χ3n) is 3.90. The quantitative estimate of drug-likeness (QED) is 0.781. The lowest BCUT2D eigenvalue weighted by molar-refractivity contribution is 0.477. The summed E-state index contributed by atoms with van der Waals surface area (Å²) in [6.07, 6.45) is 0. The highest BCUT2D eigenvalue weighted by molar-refractivity contribution is 7.10. The molecule has 1 aromatic heterocycles. The Bertz CT molecular complexity index is 550. The summed E-state index contributed by atoms with van der Waals surface area (Å²) in [5.41, 5.74) is 1.57. The second-order valence-corrected chi connectivity index (χ2v) is 13.4. The van der Waals surface area contributed by atoms with Gasteiger partial charge in [0, 0.05) is 23.4 Å². The van der Waals surface area contributed by atoms with Crippen LogP contribution in [0.5, 0.6) is 0 Å². The lowest BCUT2D eigenvalue weighted by Crippen LogP contribution is -2.37. The normalized spacial score (nSPS) is 12.6. The molecule has 1 N–H and O–H groups in total.